The number of halogens is 1. The number of thiazole rings is 1. The molecule has 1 aliphatic carbocycles. The zero-order chi connectivity index (χ0) is 12.5. The molecule has 1 N–H and O–H groups in total. The second-order valence-corrected chi connectivity index (χ2v) is 5.55. The Balaban J connectivity index is 1.65. The molecule has 0 bridgehead atoms. The molecule has 18 heavy (non-hydrogen) atoms. The van der Waals surface area contributed by atoms with Gasteiger partial charge in [0.2, 0.25) is 0 Å². The van der Waals surface area contributed by atoms with Crippen LogP contribution in [0, 0.1) is 5.82 Å². The average molecular weight is 266 g/mol. The maximum atomic E-state index is 13.1. The molecule has 96 valence electrons. The first-order valence-corrected chi connectivity index (χ1v) is 7.00. The molecule has 1 heterocycles. The van der Waals surface area contributed by atoms with E-state index in [0.29, 0.717) is 12.1 Å². The van der Waals surface area contributed by atoms with E-state index in [2.05, 4.69) is 10.3 Å². The minimum atomic E-state index is -0.210. The van der Waals surface area contributed by atoms with Crippen molar-refractivity contribution >= 4 is 26.7 Å². The monoisotopic (exact) mass is 266 g/mol. The summed E-state index contributed by atoms with van der Waals surface area (Å²) in [6.07, 6.45) is 2.44. The van der Waals surface area contributed by atoms with Gasteiger partial charge in [-0.05, 0) is 38.0 Å². The van der Waals surface area contributed by atoms with Gasteiger partial charge in [-0.25, -0.2) is 9.37 Å². The highest BCUT2D eigenvalue weighted by molar-refractivity contribution is 7.22. The highest BCUT2D eigenvalue weighted by Gasteiger charge is 2.29. The fourth-order valence-corrected chi connectivity index (χ4v) is 3.16. The minimum Gasteiger partial charge on any atom is -0.378 e. The van der Waals surface area contributed by atoms with Crippen molar-refractivity contribution < 1.29 is 9.13 Å². The molecule has 0 spiro atoms. The molecule has 3 rings (SSSR count). The van der Waals surface area contributed by atoms with E-state index in [-0.39, 0.29) is 5.82 Å². The van der Waals surface area contributed by atoms with E-state index in [1.807, 2.05) is 6.92 Å². The Labute approximate surface area is 109 Å². The normalized spacial score (nSPS) is 23.0. The summed E-state index contributed by atoms with van der Waals surface area (Å²) in [5, 5.41) is 4.25. The number of ether oxygens (including phenoxy) is 1. The number of nitrogens with zero attached hydrogens (tertiary/aromatic N) is 1. The van der Waals surface area contributed by atoms with E-state index < -0.39 is 0 Å². The molecule has 1 fully saturated rings. The molecular formula is C13H15FN2OS. The zero-order valence-electron chi connectivity index (χ0n) is 10.1. The Morgan fingerprint density at radius 3 is 3.11 bits per heavy atom. The van der Waals surface area contributed by atoms with Crippen molar-refractivity contribution in [1.29, 1.82) is 0 Å². The molecule has 0 saturated heterocycles. The van der Waals surface area contributed by atoms with E-state index in [9.17, 15) is 4.39 Å². The predicted octanol–water partition coefficient (Wildman–Crippen LogP) is 3.41. The maximum Gasteiger partial charge on any atom is 0.184 e. The van der Waals surface area contributed by atoms with E-state index in [4.69, 9.17) is 4.74 Å². The first-order chi connectivity index (χ1) is 8.74. The Morgan fingerprint density at radius 2 is 2.33 bits per heavy atom. The van der Waals surface area contributed by atoms with Crippen molar-refractivity contribution in [3.05, 3.63) is 24.0 Å². The summed E-state index contributed by atoms with van der Waals surface area (Å²) in [4.78, 5) is 4.45. The molecule has 1 aliphatic rings. The first kappa shape index (κ1) is 11.9. The molecule has 0 atom stereocenters. The minimum absolute atomic E-state index is 0.210. The summed E-state index contributed by atoms with van der Waals surface area (Å²) in [5.41, 5.74) is 0.851. The van der Waals surface area contributed by atoms with Crippen LogP contribution in [-0.2, 0) is 4.74 Å². The molecule has 0 radical (unpaired) electrons. The maximum absolute atomic E-state index is 13.1. The van der Waals surface area contributed by atoms with Crippen LogP contribution in [-0.4, -0.2) is 23.7 Å². The van der Waals surface area contributed by atoms with Gasteiger partial charge in [0.15, 0.2) is 5.13 Å². The lowest BCUT2D eigenvalue weighted by atomic mass is 9.89. The molecule has 0 aliphatic heterocycles. The van der Waals surface area contributed by atoms with Crippen LogP contribution in [0.2, 0.25) is 0 Å². The van der Waals surface area contributed by atoms with Crippen LogP contribution in [0.1, 0.15) is 19.8 Å². The van der Waals surface area contributed by atoms with Crippen LogP contribution in [0.15, 0.2) is 18.2 Å². The number of hydrogen-bond donors (Lipinski definition) is 1. The van der Waals surface area contributed by atoms with Crippen molar-refractivity contribution in [2.45, 2.75) is 31.9 Å². The average Bonchev–Trinajstić information content (AvgIpc) is 2.68. The van der Waals surface area contributed by atoms with Gasteiger partial charge < -0.3 is 10.1 Å². The molecule has 1 saturated carbocycles. The van der Waals surface area contributed by atoms with Gasteiger partial charge in [0.1, 0.15) is 5.82 Å². The summed E-state index contributed by atoms with van der Waals surface area (Å²) >= 11 is 1.50. The smallest absolute Gasteiger partial charge is 0.184 e. The Bertz CT molecular complexity index is 551. The van der Waals surface area contributed by atoms with Crippen molar-refractivity contribution in [3.8, 4) is 0 Å². The van der Waals surface area contributed by atoms with Gasteiger partial charge in [-0.3, -0.25) is 0 Å². The summed E-state index contributed by atoms with van der Waals surface area (Å²) in [5.74, 6) is -0.210. The fourth-order valence-electron chi connectivity index (χ4n) is 2.19. The number of benzene rings is 1. The van der Waals surface area contributed by atoms with Crippen LogP contribution in [0.25, 0.3) is 10.2 Å². The van der Waals surface area contributed by atoms with Crippen LogP contribution >= 0.6 is 11.3 Å². The number of fused-ring (bicyclic) bond motifs is 1. The van der Waals surface area contributed by atoms with E-state index >= 15 is 0 Å². The van der Waals surface area contributed by atoms with Crippen molar-refractivity contribution in [3.63, 3.8) is 0 Å². The SMILES string of the molecule is CCOC1CC(Nc2nc3ccc(F)cc3s2)C1. The van der Waals surface area contributed by atoms with Gasteiger partial charge in [-0.15, -0.1) is 0 Å². The van der Waals surface area contributed by atoms with Crippen LogP contribution < -0.4 is 5.32 Å². The van der Waals surface area contributed by atoms with Gasteiger partial charge in [-0.2, -0.15) is 0 Å². The molecule has 5 heteroatoms. The summed E-state index contributed by atoms with van der Waals surface area (Å²) < 4.78 is 19.5. The van der Waals surface area contributed by atoms with Gasteiger partial charge >= 0.3 is 0 Å². The Kier molecular flexibility index (Phi) is 3.18. The lowest BCUT2D eigenvalue weighted by Gasteiger charge is -2.35. The molecule has 0 amide bonds. The summed E-state index contributed by atoms with van der Waals surface area (Å²) in [6, 6.07) is 5.13. The van der Waals surface area contributed by atoms with Crippen molar-refractivity contribution in [2.75, 3.05) is 11.9 Å². The molecule has 2 aromatic rings. The highest BCUT2D eigenvalue weighted by atomic mass is 32.1. The number of anilines is 1. The molecular weight excluding hydrogens is 251 g/mol. The van der Waals surface area contributed by atoms with Crippen molar-refractivity contribution in [2.24, 2.45) is 0 Å². The van der Waals surface area contributed by atoms with Crippen LogP contribution in [0.3, 0.4) is 0 Å². The third-order valence-electron chi connectivity index (χ3n) is 3.18. The van der Waals surface area contributed by atoms with E-state index in [1.54, 1.807) is 6.07 Å². The number of rotatable bonds is 4. The van der Waals surface area contributed by atoms with Gasteiger partial charge in [0.05, 0.1) is 16.3 Å². The zero-order valence-corrected chi connectivity index (χ0v) is 11.0. The topological polar surface area (TPSA) is 34.1 Å². The van der Waals surface area contributed by atoms with Gasteiger partial charge in [0.25, 0.3) is 0 Å². The lowest BCUT2D eigenvalue weighted by Crippen LogP contribution is -2.40. The quantitative estimate of drug-likeness (QED) is 0.920. The second-order valence-electron chi connectivity index (χ2n) is 4.52. The number of hydrogen-bond acceptors (Lipinski definition) is 4. The largest absolute Gasteiger partial charge is 0.378 e. The standard InChI is InChI=1S/C13H15FN2OS/c1-2-17-10-6-9(7-10)15-13-16-11-4-3-8(14)5-12(11)18-13/h3-5,9-10H,2,6-7H2,1H3,(H,15,16). The molecule has 1 aromatic heterocycles. The second kappa shape index (κ2) is 4.82. The summed E-state index contributed by atoms with van der Waals surface area (Å²) in [7, 11) is 0. The predicted molar refractivity (Wildman–Crippen MR) is 71.6 cm³/mol. The molecule has 1 aromatic carbocycles. The van der Waals surface area contributed by atoms with E-state index in [1.165, 1.54) is 23.5 Å². The van der Waals surface area contributed by atoms with E-state index in [0.717, 1.165) is 34.8 Å². The highest BCUT2D eigenvalue weighted by Crippen LogP contribution is 2.31. The third-order valence-corrected chi connectivity index (χ3v) is 4.12. The van der Waals surface area contributed by atoms with Gasteiger partial charge in [0, 0.05) is 12.6 Å². The fraction of sp³-hybridized carbons (Fsp3) is 0.462. The molecule has 0 unspecified atom stereocenters. The molecule has 3 nitrogen and oxygen atoms in total. The third kappa shape index (κ3) is 2.33. The van der Waals surface area contributed by atoms with Crippen LogP contribution in [0.5, 0.6) is 0 Å². The van der Waals surface area contributed by atoms with Gasteiger partial charge in [-0.1, -0.05) is 11.3 Å². The first-order valence-electron chi connectivity index (χ1n) is 6.19. The van der Waals surface area contributed by atoms with Crippen LogP contribution in [0.4, 0.5) is 9.52 Å². The van der Waals surface area contributed by atoms with Crippen molar-refractivity contribution in [1.82, 2.24) is 4.98 Å². The lowest BCUT2D eigenvalue weighted by molar-refractivity contribution is 0.00299. The Hall–Kier alpha value is -1.20. The Morgan fingerprint density at radius 1 is 1.50 bits per heavy atom. The number of nitrogens with one attached hydrogen (secondary N) is 1. The summed E-state index contributed by atoms with van der Waals surface area (Å²) in [6.45, 7) is 2.79. The number of aromatic nitrogens is 1.